The van der Waals surface area contributed by atoms with E-state index in [2.05, 4.69) is 38.0 Å². The second kappa shape index (κ2) is 5.89. The standard InChI is InChI=1S/C11H14N6O2/c1-3-6-12-9-5-4-8(15-16-9)10(18)13-11-17-14-7(2)19-11/h4-5H,3,6H2,1-2H3,(H,12,16)(H,13,17,18). The van der Waals surface area contributed by atoms with Gasteiger partial charge in [0.25, 0.3) is 5.91 Å². The van der Waals surface area contributed by atoms with Crippen molar-refractivity contribution in [3.8, 4) is 0 Å². The molecule has 0 saturated heterocycles. The Morgan fingerprint density at radius 3 is 2.68 bits per heavy atom. The van der Waals surface area contributed by atoms with E-state index in [-0.39, 0.29) is 11.7 Å². The van der Waals surface area contributed by atoms with E-state index in [1.807, 2.05) is 0 Å². The number of nitrogens with zero attached hydrogens (tertiary/aromatic N) is 4. The molecule has 0 aliphatic heterocycles. The van der Waals surface area contributed by atoms with E-state index in [1.165, 1.54) is 0 Å². The average molecular weight is 262 g/mol. The molecule has 19 heavy (non-hydrogen) atoms. The number of carbonyl (C=O) groups excluding carboxylic acids is 1. The Morgan fingerprint density at radius 2 is 2.11 bits per heavy atom. The van der Waals surface area contributed by atoms with Crippen LogP contribution in [0.2, 0.25) is 0 Å². The minimum atomic E-state index is -0.446. The van der Waals surface area contributed by atoms with Crippen LogP contribution in [0, 0.1) is 6.92 Å². The van der Waals surface area contributed by atoms with Crippen LogP contribution in [0.15, 0.2) is 16.5 Å². The molecule has 2 aromatic rings. The molecule has 0 unspecified atom stereocenters. The monoisotopic (exact) mass is 262 g/mol. The molecule has 0 radical (unpaired) electrons. The summed E-state index contributed by atoms with van der Waals surface area (Å²) < 4.78 is 5.04. The normalized spacial score (nSPS) is 10.2. The molecule has 0 aliphatic carbocycles. The molecule has 8 nitrogen and oxygen atoms in total. The first kappa shape index (κ1) is 12.9. The van der Waals surface area contributed by atoms with Crippen LogP contribution in [0.4, 0.5) is 11.8 Å². The summed E-state index contributed by atoms with van der Waals surface area (Å²) in [5.41, 5.74) is 0.179. The van der Waals surface area contributed by atoms with Crippen LogP contribution in [-0.4, -0.2) is 32.8 Å². The van der Waals surface area contributed by atoms with Crippen molar-refractivity contribution in [3.05, 3.63) is 23.7 Å². The van der Waals surface area contributed by atoms with Gasteiger partial charge in [-0.1, -0.05) is 12.0 Å². The molecule has 0 atom stereocenters. The number of carbonyl (C=O) groups is 1. The van der Waals surface area contributed by atoms with Gasteiger partial charge in [0.15, 0.2) is 5.69 Å². The van der Waals surface area contributed by atoms with Crippen LogP contribution in [-0.2, 0) is 0 Å². The summed E-state index contributed by atoms with van der Waals surface area (Å²) in [5, 5.41) is 20.5. The first-order valence-electron chi connectivity index (χ1n) is 5.88. The maximum Gasteiger partial charge on any atom is 0.322 e. The van der Waals surface area contributed by atoms with Crippen LogP contribution in [0.3, 0.4) is 0 Å². The lowest BCUT2D eigenvalue weighted by Gasteiger charge is -2.03. The summed E-state index contributed by atoms with van der Waals surface area (Å²) in [6, 6.07) is 3.30. The number of aromatic nitrogens is 4. The van der Waals surface area contributed by atoms with Gasteiger partial charge < -0.3 is 9.73 Å². The first-order valence-corrected chi connectivity index (χ1v) is 5.88. The summed E-state index contributed by atoms with van der Waals surface area (Å²) in [7, 11) is 0. The number of aryl methyl sites for hydroxylation is 1. The molecule has 0 fully saturated rings. The van der Waals surface area contributed by atoms with Crippen LogP contribution >= 0.6 is 0 Å². The van der Waals surface area contributed by atoms with Gasteiger partial charge in [-0.25, -0.2) is 0 Å². The van der Waals surface area contributed by atoms with Gasteiger partial charge in [-0.05, 0) is 18.6 Å². The smallest absolute Gasteiger partial charge is 0.322 e. The molecular weight excluding hydrogens is 248 g/mol. The molecule has 2 N–H and O–H groups in total. The van der Waals surface area contributed by atoms with Crippen molar-refractivity contribution in [1.82, 2.24) is 20.4 Å². The van der Waals surface area contributed by atoms with E-state index in [1.54, 1.807) is 19.1 Å². The fourth-order valence-corrected chi connectivity index (χ4v) is 1.31. The summed E-state index contributed by atoms with van der Waals surface area (Å²) in [5.74, 6) is 0.561. The van der Waals surface area contributed by atoms with Gasteiger partial charge in [-0.15, -0.1) is 15.3 Å². The third-order valence-corrected chi connectivity index (χ3v) is 2.20. The van der Waals surface area contributed by atoms with Crippen LogP contribution in [0.25, 0.3) is 0 Å². The van der Waals surface area contributed by atoms with Crippen molar-refractivity contribution in [2.75, 3.05) is 17.2 Å². The van der Waals surface area contributed by atoms with E-state index in [9.17, 15) is 4.79 Å². The Morgan fingerprint density at radius 1 is 1.26 bits per heavy atom. The summed E-state index contributed by atoms with van der Waals surface area (Å²) in [4.78, 5) is 11.8. The van der Waals surface area contributed by atoms with Crippen molar-refractivity contribution >= 4 is 17.7 Å². The fraction of sp³-hybridized carbons (Fsp3) is 0.364. The highest BCUT2D eigenvalue weighted by atomic mass is 16.4. The van der Waals surface area contributed by atoms with E-state index in [4.69, 9.17) is 4.42 Å². The highest BCUT2D eigenvalue weighted by molar-refractivity contribution is 6.01. The van der Waals surface area contributed by atoms with Gasteiger partial charge in [0, 0.05) is 13.5 Å². The molecule has 2 rings (SSSR count). The average Bonchev–Trinajstić information content (AvgIpc) is 2.82. The molecule has 0 aliphatic rings. The van der Waals surface area contributed by atoms with E-state index >= 15 is 0 Å². The molecule has 0 aromatic carbocycles. The number of anilines is 2. The number of rotatable bonds is 5. The van der Waals surface area contributed by atoms with Gasteiger partial charge in [-0.2, -0.15) is 0 Å². The first-order chi connectivity index (χ1) is 9.19. The topological polar surface area (TPSA) is 106 Å². The molecule has 1 amide bonds. The second-order valence-corrected chi connectivity index (χ2v) is 3.81. The number of amides is 1. The maximum atomic E-state index is 11.8. The Kier molecular flexibility index (Phi) is 4.01. The summed E-state index contributed by atoms with van der Waals surface area (Å²) in [6.07, 6.45) is 0.987. The Balaban J connectivity index is 1.99. The highest BCUT2D eigenvalue weighted by Gasteiger charge is 2.12. The predicted octanol–water partition coefficient (Wildman–Crippen LogP) is 1.24. The third-order valence-electron chi connectivity index (χ3n) is 2.20. The number of nitrogens with one attached hydrogen (secondary N) is 2. The lowest BCUT2D eigenvalue weighted by molar-refractivity contribution is 0.101. The van der Waals surface area contributed by atoms with Crippen molar-refractivity contribution in [3.63, 3.8) is 0 Å². The Bertz CT molecular complexity index is 551. The quantitative estimate of drug-likeness (QED) is 0.834. The van der Waals surface area contributed by atoms with E-state index < -0.39 is 5.91 Å². The van der Waals surface area contributed by atoms with Gasteiger partial charge in [0.2, 0.25) is 5.89 Å². The second-order valence-electron chi connectivity index (χ2n) is 3.81. The molecule has 2 aromatic heterocycles. The molecular formula is C11H14N6O2. The zero-order valence-electron chi connectivity index (χ0n) is 10.7. The predicted molar refractivity (Wildman–Crippen MR) is 67.8 cm³/mol. The Hall–Kier alpha value is -2.51. The largest absolute Gasteiger partial charge is 0.408 e. The van der Waals surface area contributed by atoms with Gasteiger partial charge in [0.1, 0.15) is 5.82 Å². The minimum Gasteiger partial charge on any atom is -0.408 e. The van der Waals surface area contributed by atoms with E-state index in [0.29, 0.717) is 11.7 Å². The fourth-order valence-electron chi connectivity index (χ4n) is 1.31. The zero-order valence-corrected chi connectivity index (χ0v) is 10.7. The van der Waals surface area contributed by atoms with Crippen molar-refractivity contribution in [2.24, 2.45) is 0 Å². The third kappa shape index (κ3) is 3.47. The lowest BCUT2D eigenvalue weighted by atomic mass is 10.3. The van der Waals surface area contributed by atoms with Crippen LogP contribution < -0.4 is 10.6 Å². The van der Waals surface area contributed by atoms with Crippen molar-refractivity contribution in [2.45, 2.75) is 20.3 Å². The lowest BCUT2D eigenvalue weighted by Crippen LogP contribution is -2.15. The molecule has 100 valence electrons. The molecule has 0 spiro atoms. The Labute approximate surface area is 109 Å². The van der Waals surface area contributed by atoms with Gasteiger partial charge >= 0.3 is 6.01 Å². The zero-order chi connectivity index (χ0) is 13.7. The van der Waals surface area contributed by atoms with E-state index in [0.717, 1.165) is 13.0 Å². The summed E-state index contributed by atoms with van der Waals surface area (Å²) >= 11 is 0. The van der Waals surface area contributed by atoms with Crippen molar-refractivity contribution < 1.29 is 9.21 Å². The SMILES string of the molecule is CCCNc1ccc(C(=O)Nc2nnc(C)o2)nn1. The minimum absolute atomic E-state index is 0.0393. The number of hydrogen-bond acceptors (Lipinski definition) is 7. The van der Waals surface area contributed by atoms with Crippen molar-refractivity contribution in [1.29, 1.82) is 0 Å². The molecule has 2 heterocycles. The number of hydrogen-bond donors (Lipinski definition) is 2. The molecule has 8 heteroatoms. The van der Waals surface area contributed by atoms with Gasteiger partial charge in [0.05, 0.1) is 0 Å². The molecule has 0 bridgehead atoms. The van der Waals surface area contributed by atoms with Gasteiger partial charge in [-0.3, -0.25) is 10.1 Å². The van der Waals surface area contributed by atoms with Crippen LogP contribution in [0.1, 0.15) is 29.7 Å². The maximum absolute atomic E-state index is 11.8. The summed E-state index contributed by atoms with van der Waals surface area (Å²) in [6.45, 7) is 4.49. The van der Waals surface area contributed by atoms with Crippen LogP contribution in [0.5, 0.6) is 0 Å². The highest BCUT2D eigenvalue weighted by Crippen LogP contribution is 2.07. The molecule has 0 saturated carbocycles.